The summed E-state index contributed by atoms with van der Waals surface area (Å²) in [7, 11) is 1.51. The van der Waals surface area contributed by atoms with Crippen molar-refractivity contribution in [1.82, 2.24) is 14.6 Å². The molecular weight excluding hydrogens is 402 g/mol. The van der Waals surface area contributed by atoms with E-state index in [-0.39, 0.29) is 10.7 Å². The molecule has 0 unspecified atom stereocenters. The second-order valence-corrected chi connectivity index (χ2v) is 6.46. The molecule has 0 radical (unpaired) electrons. The van der Waals surface area contributed by atoms with Crippen LogP contribution in [0.4, 0.5) is 14.5 Å². The van der Waals surface area contributed by atoms with Gasteiger partial charge in [-0.25, -0.2) is 18.3 Å². The first-order valence-electron chi connectivity index (χ1n) is 8.42. The maximum absolute atomic E-state index is 13.9. The third-order valence-corrected chi connectivity index (χ3v) is 4.53. The molecule has 6 nitrogen and oxygen atoms in total. The number of ether oxygens (including phenoxy) is 1. The number of nitrogens with one attached hydrogen (secondary N) is 1. The van der Waals surface area contributed by atoms with Gasteiger partial charge in [0.15, 0.2) is 5.65 Å². The van der Waals surface area contributed by atoms with E-state index in [2.05, 4.69) is 15.4 Å². The van der Waals surface area contributed by atoms with Crippen LogP contribution >= 0.6 is 11.6 Å². The number of fused-ring (bicyclic) bond motifs is 1. The average Bonchev–Trinajstić information content (AvgIpc) is 3.12. The SMILES string of the molecule is COc1ccc2nc(-c3ccc(Cl)c(NC(=O)c4c(F)cccc4F)c3)cn2n1. The molecule has 9 heteroatoms. The number of benzene rings is 2. The molecule has 2 aromatic carbocycles. The number of hydrogen-bond donors (Lipinski definition) is 1. The molecule has 0 saturated carbocycles. The Kier molecular flexibility index (Phi) is 4.85. The molecule has 0 bridgehead atoms. The highest BCUT2D eigenvalue weighted by molar-refractivity contribution is 6.34. The first-order chi connectivity index (χ1) is 14.0. The van der Waals surface area contributed by atoms with Gasteiger partial charge in [-0.15, -0.1) is 5.10 Å². The van der Waals surface area contributed by atoms with E-state index in [1.165, 1.54) is 13.2 Å². The highest BCUT2D eigenvalue weighted by Gasteiger charge is 2.18. The van der Waals surface area contributed by atoms with E-state index < -0.39 is 23.1 Å². The zero-order valence-corrected chi connectivity index (χ0v) is 15.7. The van der Waals surface area contributed by atoms with E-state index in [1.807, 2.05) is 0 Å². The van der Waals surface area contributed by atoms with Crippen molar-refractivity contribution < 1.29 is 18.3 Å². The monoisotopic (exact) mass is 414 g/mol. The minimum Gasteiger partial charge on any atom is -0.480 e. The number of imidazole rings is 1. The molecule has 0 atom stereocenters. The molecule has 0 aliphatic rings. The van der Waals surface area contributed by atoms with Crippen molar-refractivity contribution in [2.24, 2.45) is 0 Å². The lowest BCUT2D eigenvalue weighted by Crippen LogP contribution is -2.16. The number of anilines is 1. The van der Waals surface area contributed by atoms with E-state index in [1.54, 1.807) is 41.0 Å². The Morgan fingerprint density at radius 3 is 2.62 bits per heavy atom. The molecule has 2 heterocycles. The number of hydrogen-bond acceptors (Lipinski definition) is 4. The van der Waals surface area contributed by atoms with Crippen molar-refractivity contribution in [3.8, 4) is 17.1 Å². The zero-order chi connectivity index (χ0) is 20.5. The normalized spacial score (nSPS) is 10.9. The van der Waals surface area contributed by atoms with E-state index in [9.17, 15) is 13.6 Å². The second-order valence-electron chi connectivity index (χ2n) is 6.05. The standard InChI is InChI=1S/C20H13ClF2N4O2/c1-29-18-8-7-17-24-16(10-27(17)26-18)11-5-6-12(21)15(9-11)25-20(28)19-13(22)3-2-4-14(19)23/h2-10H,1H3,(H,25,28). The summed E-state index contributed by atoms with van der Waals surface area (Å²) >= 11 is 6.16. The smallest absolute Gasteiger partial charge is 0.261 e. The third-order valence-electron chi connectivity index (χ3n) is 4.20. The summed E-state index contributed by atoms with van der Waals surface area (Å²) in [6.45, 7) is 0. The topological polar surface area (TPSA) is 68.5 Å². The van der Waals surface area contributed by atoms with Crippen molar-refractivity contribution >= 4 is 28.8 Å². The van der Waals surface area contributed by atoms with Gasteiger partial charge >= 0.3 is 0 Å². The molecule has 29 heavy (non-hydrogen) atoms. The van der Waals surface area contributed by atoms with Crippen molar-refractivity contribution in [2.75, 3.05) is 12.4 Å². The molecule has 0 saturated heterocycles. The van der Waals surface area contributed by atoms with Gasteiger partial charge in [0.1, 0.15) is 17.2 Å². The molecule has 146 valence electrons. The zero-order valence-electron chi connectivity index (χ0n) is 15.0. The van der Waals surface area contributed by atoms with Gasteiger partial charge in [0.25, 0.3) is 5.91 Å². The first kappa shape index (κ1) is 18.8. The largest absolute Gasteiger partial charge is 0.480 e. The van der Waals surface area contributed by atoms with E-state index in [4.69, 9.17) is 16.3 Å². The van der Waals surface area contributed by atoms with Gasteiger partial charge in [-0.3, -0.25) is 4.79 Å². The van der Waals surface area contributed by atoms with Gasteiger partial charge in [-0.2, -0.15) is 0 Å². The second kappa shape index (κ2) is 7.48. The lowest BCUT2D eigenvalue weighted by Gasteiger charge is -2.10. The van der Waals surface area contributed by atoms with Crippen molar-refractivity contribution in [3.05, 3.63) is 76.9 Å². The van der Waals surface area contributed by atoms with Crippen LogP contribution in [0.2, 0.25) is 5.02 Å². The summed E-state index contributed by atoms with van der Waals surface area (Å²) in [4.78, 5) is 16.8. The molecule has 0 aliphatic heterocycles. The van der Waals surface area contributed by atoms with Gasteiger partial charge in [0.05, 0.1) is 29.7 Å². The van der Waals surface area contributed by atoms with Crippen molar-refractivity contribution in [2.45, 2.75) is 0 Å². The van der Waals surface area contributed by atoms with E-state index in [0.717, 1.165) is 12.1 Å². The van der Waals surface area contributed by atoms with Gasteiger partial charge < -0.3 is 10.1 Å². The molecular formula is C20H13ClF2N4O2. The fourth-order valence-corrected chi connectivity index (χ4v) is 2.96. The Balaban J connectivity index is 1.68. The van der Waals surface area contributed by atoms with Crippen LogP contribution in [0, 0.1) is 11.6 Å². The Hall–Kier alpha value is -3.52. The predicted octanol–water partition coefficient (Wildman–Crippen LogP) is 4.59. The van der Waals surface area contributed by atoms with Crippen LogP contribution in [-0.4, -0.2) is 27.6 Å². The highest BCUT2D eigenvalue weighted by Crippen LogP contribution is 2.29. The number of halogens is 3. The molecule has 1 amide bonds. The number of aromatic nitrogens is 3. The summed E-state index contributed by atoms with van der Waals surface area (Å²) in [6, 6.07) is 11.5. The fraction of sp³-hybridized carbons (Fsp3) is 0.0500. The lowest BCUT2D eigenvalue weighted by molar-refractivity contribution is 0.101. The Morgan fingerprint density at radius 1 is 1.14 bits per heavy atom. The van der Waals surface area contributed by atoms with Crippen LogP contribution in [0.1, 0.15) is 10.4 Å². The molecule has 4 rings (SSSR count). The van der Waals surface area contributed by atoms with Crippen LogP contribution in [0.15, 0.2) is 54.7 Å². The van der Waals surface area contributed by atoms with Gasteiger partial charge in [-0.1, -0.05) is 23.7 Å². The molecule has 0 fully saturated rings. The van der Waals surface area contributed by atoms with Gasteiger partial charge in [-0.05, 0) is 30.3 Å². The van der Waals surface area contributed by atoms with Crippen molar-refractivity contribution in [1.29, 1.82) is 0 Å². The van der Waals surface area contributed by atoms with Crippen LogP contribution in [0.5, 0.6) is 5.88 Å². The summed E-state index contributed by atoms with van der Waals surface area (Å²) < 4.78 is 34.4. The molecule has 4 aromatic rings. The summed E-state index contributed by atoms with van der Waals surface area (Å²) in [5.41, 5.74) is 1.30. The summed E-state index contributed by atoms with van der Waals surface area (Å²) in [5, 5.41) is 6.90. The van der Waals surface area contributed by atoms with E-state index in [0.29, 0.717) is 22.8 Å². The number of nitrogens with zero attached hydrogens (tertiary/aromatic N) is 3. The van der Waals surface area contributed by atoms with Gasteiger partial charge in [0, 0.05) is 11.6 Å². The lowest BCUT2D eigenvalue weighted by atomic mass is 10.1. The number of methoxy groups -OCH3 is 1. The minimum atomic E-state index is -0.963. The average molecular weight is 415 g/mol. The molecule has 0 aliphatic carbocycles. The maximum Gasteiger partial charge on any atom is 0.261 e. The Bertz CT molecular complexity index is 1220. The van der Waals surface area contributed by atoms with Crippen molar-refractivity contribution in [3.63, 3.8) is 0 Å². The number of carbonyl (C=O) groups excluding carboxylic acids is 1. The molecule has 2 aromatic heterocycles. The minimum absolute atomic E-state index is 0.194. The predicted molar refractivity (Wildman–Crippen MR) is 104 cm³/mol. The maximum atomic E-state index is 13.9. The summed E-state index contributed by atoms with van der Waals surface area (Å²) in [6.07, 6.45) is 1.68. The molecule has 0 spiro atoms. The number of carbonyl (C=O) groups is 1. The number of amides is 1. The van der Waals surface area contributed by atoms with Crippen LogP contribution in [0.3, 0.4) is 0 Å². The Morgan fingerprint density at radius 2 is 1.90 bits per heavy atom. The van der Waals surface area contributed by atoms with Crippen LogP contribution < -0.4 is 10.1 Å². The van der Waals surface area contributed by atoms with Crippen LogP contribution in [0.25, 0.3) is 16.9 Å². The van der Waals surface area contributed by atoms with Gasteiger partial charge in [0.2, 0.25) is 5.88 Å². The van der Waals surface area contributed by atoms with Crippen LogP contribution in [-0.2, 0) is 0 Å². The quantitative estimate of drug-likeness (QED) is 0.530. The summed E-state index contributed by atoms with van der Waals surface area (Å²) in [5.74, 6) is -2.44. The Labute approximate surface area is 168 Å². The van der Waals surface area contributed by atoms with E-state index >= 15 is 0 Å². The number of rotatable bonds is 4. The molecule has 1 N–H and O–H groups in total. The third kappa shape index (κ3) is 3.62. The fourth-order valence-electron chi connectivity index (χ4n) is 2.79. The highest BCUT2D eigenvalue weighted by atomic mass is 35.5. The first-order valence-corrected chi connectivity index (χ1v) is 8.80.